The van der Waals surface area contributed by atoms with Gasteiger partial charge in [-0.15, -0.1) is 0 Å². The Bertz CT molecular complexity index is 180. The van der Waals surface area contributed by atoms with Crippen molar-refractivity contribution in [1.29, 1.82) is 0 Å². The van der Waals surface area contributed by atoms with Crippen LogP contribution in [0.2, 0.25) is 0 Å². The fourth-order valence-corrected chi connectivity index (χ4v) is 2.67. The van der Waals surface area contributed by atoms with E-state index in [1.807, 2.05) is 0 Å². The zero-order valence-corrected chi connectivity index (χ0v) is 9.11. The van der Waals surface area contributed by atoms with E-state index in [1.165, 1.54) is 19.3 Å². The monoisotopic (exact) mass is 198 g/mol. The van der Waals surface area contributed by atoms with Gasteiger partial charge >= 0.3 is 0 Å². The van der Waals surface area contributed by atoms with Crippen molar-refractivity contribution in [3.05, 3.63) is 0 Å². The van der Waals surface area contributed by atoms with Crippen molar-refractivity contribution in [2.45, 2.75) is 38.3 Å². The molecule has 1 saturated heterocycles. The first-order valence-corrected chi connectivity index (χ1v) is 5.85. The molecule has 0 radical (unpaired) electrons. The van der Waals surface area contributed by atoms with Gasteiger partial charge < -0.3 is 10.5 Å². The van der Waals surface area contributed by atoms with Gasteiger partial charge in [-0.2, -0.15) is 0 Å². The SMILES string of the molecule is C[C@H]1CC(N2CCOCC2)CCC1N. The lowest BCUT2D eigenvalue weighted by molar-refractivity contribution is 0.00208. The van der Waals surface area contributed by atoms with Crippen LogP contribution in [0.15, 0.2) is 0 Å². The summed E-state index contributed by atoms with van der Waals surface area (Å²) >= 11 is 0. The standard InChI is InChI=1S/C11H22N2O/c1-9-8-10(2-3-11(9)12)13-4-6-14-7-5-13/h9-11H,2-8,12H2,1H3/t9-,10?,11?/m0/s1. The molecule has 82 valence electrons. The predicted molar refractivity (Wildman–Crippen MR) is 57.2 cm³/mol. The highest BCUT2D eigenvalue weighted by Gasteiger charge is 2.29. The van der Waals surface area contributed by atoms with Gasteiger partial charge in [-0.1, -0.05) is 6.92 Å². The second-order valence-electron chi connectivity index (χ2n) is 4.76. The zero-order chi connectivity index (χ0) is 9.97. The van der Waals surface area contributed by atoms with E-state index in [9.17, 15) is 0 Å². The van der Waals surface area contributed by atoms with Gasteiger partial charge in [0.25, 0.3) is 0 Å². The third-order valence-corrected chi connectivity index (χ3v) is 3.77. The van der Waals surface area contributed by atoms with Gasteiger partial charge in [-0.05, 0) is 25.2 Å². The van der Waals surface area contributed by atoms with E-state index in [0.717, 1.165) is 32.3 Å². The summed E-state index contributed by atoms with van der Waals surface area (Å²) in [6, 6.07) is 1.21. The highest BCUT2D eigenvalue weighted by Crippen LogP contribution is 2.27. The van der Waals surface area contributed by atoms with Crippen LogP contribution < -0.4 is 5.73 Å². The minimum atomic E-state index is 0.437. The quantitative estimate of drug-likeness (QED) is 0.678. The molecule has 2 aliphatic rings. The average Bonchev–Trinajstić information content (AvgIpc) is 2.23. The maximum absolute atomic E-state index is 6.03. The fourth-order valence-electron chi connectivity index (χ4n) is 2.67. The van der Waals surface area contributed by atoms with E-state index in [-0.39, 0.29) is 0 Å². The Kier molecular flexibility index (Phi) is 3.42. The summed E-state index contributed by atoms with van der Waals surface area (Å²) in [5, 5.41) is 0. The van der Waals surface area contributed by atoms with E-state index < -0.39 is 0 Å². The van der Waals surface area contributed by atoms with Crippen LogP contribution in [0.5, 0.6) is 0 Å². The summed E-state index contributed by atoms with van der Waals surface area (Å²) in [6.45, 7) is 6.35. The minimum Gasteiger partial charge on any atom is -0.379 e. The van der Waals surface area contributed by atoms with Gasteiger partial charge in [0, 0.05) is 25.2 Å². The third-order valence-electron chi connectivity index (χ3n) is 3.77. The molecule has 2 N–H and O–H groups in total. The lowest BCUT2D eigenvalue weighted by atomic mass is 9.82. The third kappa shape index (κ3) is 2.27. The Hall–Kier alpha value is -0.120. The molecule has 0 aromatic rings. The highest BCUT2D eigenvalue weighted by molar-refractivity contribution is 4.85. The molecule has 3 nitrogen and oxygen atoms in total. The fraction of sp³-hybridized carbons (Fsp3) is 1.00. The van der Waals surface area contributed by atoms with E-state index in [2.05, 4.69) is 11.8 Å². The number of nitrogens with two attached hydrogens (primary N) is 1. The predicted octanol–water partition coefficient (Wildman–Crippen LogP) is 0.835. The number of hydrogen-bond acceptors (Lipinski definition) is 3. The number of morpholine rings is 1. The van der Waals surface area contributed by atoms with Crippen LogP contribution in [0.4, 0.5) is 0 Å². The molecule has 1 aliphatic heterocycles. The van der Waals surface area contributed by atoms with Crippen LogP contribution in [-0.2, 0) is 4.74 Å². The Balaban J connectivity index is 1.85. The summed E-state index contributed by atoms with van der Waals surface area (Å²) in [4.78, 5) is 2.59. The number of rotatable bonds is 1. The lowest BCUT2D eigenvalue weighted by Crippen LogP contribution is -2.48. The van der Waals surface area contributed by atoms with E-state index in [4.69, 9.17) is 10.5 Å². The number of nitrogens with zero attached hydrogens (tertiary/aromatic N) is 1. The first-order valence-electron chi connectivity index (χ1n) is 5.85. The Morgan fingerprint density at radius 3 is 2.57 bits per heavy atom. The minimum absolute atomic E-state index is 0.437. The van der Waals surface area contributed by atoms with E-state index in [0.29, 0.717) is 12.0 Å². The average molecular weight is 198 g/mol. The first kappa shape index (κ1) is 10.4. The molecule has 14 heavy (non-hydrogen) atoms. The van der Waals surface area contributed by atoms with Crippen LogP contribution >= 0.6 is 0 Å². The van der Waals surface area contributed by atoms with E-state index >= 15 is 0 Å². The summed E-state index contributed by atoms with van der Waals surface area (Å²) < 4.78 is 5.37. The molecule has 2 fully saturated rings. The van der Waals surface area contributed by atoms with Crippen molar-refractivity contribution in [3.8, 4) is 0 Å². The van der Waals surface area contributed by atoms with Crippen molar-refractivity contribution in [1.82, 2.24) is 4.90 Å². The molecule has 2 unspecified atom stereocenters. The summed E-state index contributed by atoms with van der Waals surface area (Å²) in [5.41, 5.74) is 6.03. The molecule has 1 heterocycles. The highest BCUT2D eigenvalue weighted by atomic mass is 16.5. The molecule has 0 spiro atoms. The van der Waals surface area contributed by atoms with E-state index in [1.54, 1.807) is 0 Å². The molecule has 1 aliphatic carbocycles. The Morgan fingerprint density at radius 2 is 1.93 bits per heavy atom. The van der Waals surface area contributed by atoms with Crippen LogP contribution in [-0.4, -0.2) is 43.3 Å². The molecule has 1 saturated carbocycles. The molecule has 0 aromatic carbocycles. The maximum Gasteiger partial charge on any atom is 0.0594 e. The van der Waals surface area contributed by atoms with Crippen molar-refractivity contribution in [2.24, 2.45) is 11.7 Å². The summed E-state index contributed by atoms with van der Waals surface area (Å²) in [6.07, 6.45) is 3.76. The normalized spacial score (nSPS) is 41.1. The molecule has 2 rings (SSSR count). The van der Waals surface area contributed by atoms with Crippen molar-refractivity contribution in [2.75, 3.05) is 26.3 Å². The van der Waals surface area contributed by atoms with Crippen LogP contribution in [0.3, 0.4) is 0 Å². The van der Waals surface area contributed by atoms with Gasteiger partial charge in [0.2, 0.25) is 0 Å². The topological polar surface area (TPSA) is 38.5 Å². The second-order valence-corrected chi connectivity index (χ2v) is 4.76. The first-order chi connectivity index (χ1) is 6.77. The largest absolute Gasteiger partial charge is 0.379 e. The van der Waals surface area contributed by atoms with Crippen molar-refractivity contribution >= 4 is 0 Å². The van der Waals surface area contributed by atoms with Crippen LogP contribution in [0.25, 0.3) is 0 Å². The molecule has 3 heteroatoms. The van der Waals surface area contributed by atoms with Gasteiger partial charge in [0.15, 0.2) is 0 Å². The van der Waals surface area contributed by atoms with Gasteiger partial charge in [-0.3, -0.25) is 4.90 Å². The smallest absolute Gasteiger partial charge is 0.0594 e. The van der Waals surface area contributed by atoms with Crippen LogP contribution in [0, 0.1) is 5.92 Å². The molecule has 0 bridgehead atoms. The second kappa shape index (κ2) is 4.60. The molecular weight excluding hydrogens is 176 g/mol. The number of hydrogen-bond donors (Lipinski definition) is 1. The lowest BCUT2D eigenvalue weighted by Gasteiger charge is -2.40. The van der Waals surface area contributed by atoms with Crippen molar-refractivity contribution in [3.63, 3.8) is 0 Å². The van der Waals surface area contributed by atoms with Crippen LogP contribution in [0.1, 0.15) is 26.2 Å². The van der Waals surface area contributed by atoms with Gasteiger partial charge in [-0.25, -0.2) is 0 Å². The Labute approximate surface area is 86.6 Å². The summed E-state index contributed by atoms with van der Waals surface area (Å²) in [7, 11) is 0. The molecule has 0 aromatic heterocycles. The van der Waals surface area contributed by atoms with Crippen molar-refractivity contribution < 1.29 is 4.74 Å². The molecule has 0 amide bonds. The summed E-state index contributed by atoms with van der Waals surface area (Å²) in [5.74, 6) is 0.691. The van der Waals surface area contributed by atoms with Gasteiger partial charge in [0.1, 0.15) is 0 Å². The van der Waals surface area contributed by atoms with Gasteiger partial charge in [0.05, 0.1) is 13.2 Å². The molecular formula is C11H22N2O. The maximum atomic E-state index is 6.03. The zero-order valence-electron chi connectivity index (χ0n) is 9.11. The Morgan fingerprint density at radius 1 is 1.21 bits per heavy atom. The number of ether oxygens (including phenoxy) is 1. The molecule has 3 atom stereocenters.